The van der Waals surface area contributed by atoms with Crippen molar-refractivity contribution in [2.45, 2.75) is 13.8 Å². The maximum Gasteiger partial charge on any atom is 0.243 e. The van der Waals surface area contributed by atoms with Crippen molar-refractivity contribution in [3.05, 3.63) is 41.2 Å². The van der Waals surface area contributed by atoms with E-state index in [4.69, 9.17) is 4.74 Å². The molecule has 0 radical (unpaired) electrons. The van der Waals surface area contributed by atoms with Crippen LogP contribution in [0.1, 0.15) is 17.0 Å². The van der Waals surface area contributed by atoms with Crippen LogP contribution in [0.25, 0.3) is 0 Å². The van der Waals surface area contributed by atoms with E-state index in [-0.39, 0.29) is 5.75 Å². The van der Waals surface area contributed by atoms with Crippen molar-refractivity contribution in [2.75, 3.05) is 12.5 Å². The van der Waals surface area contributed by atoms with Crippen LogP contribution in [0.4, 0.5) is 5.95 Å². The number of hydrazone groups is 1. The molecule has 20 heavy (non-hydrogen) atoms. The Balaban J connectivity index is 2.14. The first-order valence-electron chi connectivity index (χ1n) is 6.07. The van der Waals surface area contributed by atoms with Gasteiger partial charge >= 0.3 is 0 Å². The Morgan fingerprint density at radius 1 is 1.25 bits per heavy atom. The molecule has 0 aliphatic rings. The van der Waals surface area contributed by atoms with Gasteiger partial charge in [0.05, 0.1) is 13.3 Å². The zero-order valence-electron chi connectivity index (χ0n) is 11.6. The molecule has 0 aliphatic heterocycles. The van der Waals surface area contributed by atoms with Gasteiger partial charge < -0.3 is 9.84 Å². The second-order valence-corrected chi connectivity index (χ2v) is 4.24. The molecule has 0 unspecified atom stereocenters. The molecule has 0 fully saturated rings. The predicted molar refractivity (Wildman–Crippen MR) is 77.4 cm³/mol. The van der Waals surface area contributed by atoms with Gasteiger partial charge in [0.25, 0.3) is 0 Å². The molecule has 0 saturated carbocycles. The Kier molecular flexibility index (Phi) is 4.14. The van der Waals surface area contributed by atoms with Gasteiger partial charge in [-0.2, -0.15) is 5.10 Å². The Labute approximate surface area is 117 Å². The third kappa shape index (κ3) is 3.23. The smallest absolute Gasteiger partial charge is 0.243 e. The van der Waals surface area contributed by atoms with Gasteiger partial charge in [0.1, 0.15) is 0 Å². The molecule has 2 aromatic rings. The number of hydrogen-bond donors (Lipinski definition) is 2. The van der Waals surface area contributed by atoms with E-state index in [0.717, 1.165) is 11.4 Å². The number of nitrogens with zero attached hydrogens (tertiary/aromatic N) is 3. The predicted octanol–water partition coefficient (Wildman–Crippen LogP) is 2.25. The number of aromatic nitrogens is 2. The first-order valence-corrected chi connectivity index (χ1v) is 6.07. The second kappa shape index (κ2) is 6.01. The van der Waals surface area contributed by atoms with Gasteiger partial charge in [-0.05, 0) is 32.0 Å². The summed E-state index contributed by atoms with van der Waals surface area (Å²) in [6.07, 6.45) is 1.48. The molecule has 1 aromatic heterocycles. The number of rotatable bonds is 4. The van der Waals surface area contributed by atoms with Gasteiger partial charge in [-0.3, -0.25) is 0 Å². The summed E-state index contributed by atoms with van der Waals surface area (Å²) in [5, 5.41) is 13.9. The normalized spacial score (nSPS) is 10.8. The third-order valence-corrected chi connectivity index (χ3v) is 2.60. The maximum absolute atomic E-state index is 9.90. The van der Waals surface area contributed by atoms with Crippen molar-refractivity contribution in [3.8, 4) is 11.5 Å². The number of nitrogens with one attached hydrogen (secondary N) is 1. The minimum Gasteiger partial charge on any atom is -0.504 e. The number of anilines is 1. The molecule has 6 nitrogen and oxygen atoms in total. The fourth-order valence-corrected chi connectivity index (χ4v) is 1.74. The molecule has 0 spiro atoms. The van der Waals surface area contributed by atoms with Crippen LogP contribution in [0.15, 0.2) is 29.4 Å². The first-order chi connectivity index (χ1) is 9.60. The standard InChI is InChI=1S/C14H16N4O2/c1-9-7-10(2)17-14(16-9)18-15-8-11-5-4-6-12(20-3)13(11)19/h4-8,19H,1-3H3,(H,16,17,18). The summed E-state index contributed by atoms with van der Waals surface area (Å²) in [6.45, 7) is 3.77. The zero-order chi connectivity index (χ0) is 14.5. The van der Waals surface area contributed by atoms with Gasteiger partial charge in [-0.25, -0.2) is 15.4 Å². The minimum absolute atomic E-state index is 0.0434. The molecule has 2 N–H and O–H groups in total. The summed E-state index contributed by atoms with van der Waals surface area (Å²) in [4.78, 5) is 8.40. The summed E-state index contributed by atoms with van der Waals surface area (Å²) in [5.74, 6) is 0.861. The lowest BCUT2D eigenvalue weighted by atomic mass is 10.2. The highest BCUT2D eigenvalue weighted by atomic mass is 16.5. The highest BCUT2D eigenvalue weighted by Crippen LogP contribution is 2.27. The maximum atomic E-state index is 9.90. The highest BCUT2D eigenvalue weighted by Gasteiger charge is 2.04. The summed E-state index contributed by atoms with van der Waals surface area (Å²) >= 11 is 0. The van der Waals surface area contributed by atoms with Gasteiger partial charge in [-0.15, -0.1) is 0 Å². The molecule has 0 saturated heterocycles. The van der Waals surface area contributed by atoms with E-state index >= 15 is 0 Å². The molecule has 104 valence electrons. The van der Waals surface area contributed by atoms with Crippen molar-refractivity contribution in [2.24, 2.45) is 5.10 Å². The van der Waals surface area contributed by atoms with Gasteiger partial charge in [0.15, 0.2) is 11.5 Å². The van der Waals surface area contributed by atoms with Crippen LogP contribution in [0.3, 0.4) is 0 Å². The largest absolute Gasteiger partial charge is 0.504 e. The number of phenols is 1. The number of para-hydroxylation sites is 1. The topological polar surface area (TPSA) is 79.6 Å². The Bertz CT molecular complexity index is 621. The van der Waals surface area contributed by atoms with Crippen molar-refractivity contribution < 1.29 is 9.84 Å². The van der Waals surface area contributed by atoms with E-state index in [1.165, 1.54) is 13.3 Å². The Hall–Kier alpha value is -2.63. The van der Waals surface area contributed by atoms with Crippen LogP contribution in [-0.4, -0.2) is 28.4 Å². The van der Waals surface area contributed by atoms with E-state index < -0.39 is 0 Å². The number of methoxy groups -OCH3 is 1. The Morgan fingerprint density at radius 3 is 2.60 bits per heavy atom. The molecular weight excluding hydrogens is 256 g/mol. The molecule has 6 heteroatoms. The van der Waals surface area contributed by atoms with Crippen LogP contribution in [0.2, 0.25) is 0 Å². The van der Waals surface area contributed by atoms with Gasteiger partial charge in [0.2, 0.25) is 5.95 Å². The lowest BCUT2D eigenvalue weighted by molar-refractivity contribution is 0.373. The van der Waals surface area contributed by atoms with Gasteiger partial charge in [-0.1, -0.05) is 6.07 Å². The third-order valence-electron chi connectivity index (χ3n) is 2.60. The van der Waals surface area contributed by atoms with E-state index in [0.29, 0.717) is 17.3 Å². The lowest BCUT2D eigenvalue weighted by Gasteiger charge is -2.05. The average Bonchev–Trinajstić information content (AvgIpc) is 2.39. The van der Waals surface area contributed by atoms with E-state index in [9.17, 15) is 5.11 Å². The lowest BCUT2D eigenvalue weighted by Crippen LogP contribution is -1.99. The quantitative estimate of drug-likeness (QED) is 0.659. The molecule has 1 heterocycles. The SMILES string of the molecule is COc1cccc(C=NNc2nc(C)cc(C)n2)c1O. The van der Waals surface area contributed by atoms with E-state index in [1.807, 2.05) is 19.9 Å². The number of ether oxygens (including phenoxy) is 1. The molecule has 1 aromatic carbocycles. The number of aromatic hydroxyl groups is 1. The van der Waals surface area contributed by atoms with Crippen LogP contribution in [-0.2, 0) is 0 Å². The molecule has 2 rings (SSSR count). The summed E-state index contributed by atoms with van der Waals surface area (Å²) < 4.78 is 5.02. The summed E-state index contributed by atoms with van der Waals surface area (Å²) in [5.41, 5.74) is 5.00. The Morgan fingerprint density at radius 2 is 1.95 bits per heavy atom. The summed E-state index contributed by atoms with van der Waals surface area (Å²) in [7, 11) is 1.50. The van der Waals surface area contributed by atoms with Crippen LogP contribution in [0, 0.1) is 13.8 Å². The summed E-state index contributed by atoms with van der Waals surface area (Å²) in [6, 6.07) is 7.05. The van der Waals surface area contributed by atoms with E-state index in [2.05, 4.69) is 20.5 Å². The number of aryl methyl sites for hydroxylation is 2. The zero-order valence-corrected chi connectivity index (χ0v) is 11.6. The second-order valence-electron chi connectivity index (χ2n) is 4.24. The molecule has 0 bridgehead atoms. The number of phenolic OH excluding ortho intramolecular Hbond substituents is 1. The van der Waals surface area contributed by atoms with Crippen molar-refractivity contribution in [3.63, 3.8) is 0 Å². The van der Waals surface area contributed by atoms with E-state index in [1.54, 1.807) is 18.2 Å². The van der Waals surface area contributed by atoms with Gasteiger partial charge in [0, 0.05) is 17.0 Å². The molecule has 0 aliphatic carbocycles. The number of benzene rings is 1. The van der Waals surface area contributed by atoms with Crippen LogP contribution >= 0.6 is 0 Å². The number of hydrogen-bond acceptors (Lipinski definition) is 6. The fraction of sp³-hybridized carbons (Fsp3) is 0.214. The van der Waals surface area contributed by atoms with Crippen molar-refractivity contribution in [1.29, 1.82) is 0 Å². The molecule has 0 amide bonds. The minimum atomic E-state index is 0.0434. The van der Waals surface area contributed by atoms with Crippen molar-refractivity contribution in [1.82, 2.24) is 9.97 Å². The molecule has 0 atom stereocenters. The van der Waals surface area contributed by atoms with Crippen molar-refractivity contribution >= 4 is 12.2 Å². The van der Waals surface area contributed by atoms with Crippen LogP contribution in [0.5, 0.6) is 11.5 Å². The first kappa shape index (κ1) is 13.8. The van der Waals surface area contributed by atoms with Crippen LogP contribution < -0.4 is 10.2 Å². The highest BCUT2D eigenvalue weighted by molar-refractivity contribution is 5.85. The monoisotopic (exact) mass is 272 g/mol. The molecular formula is C14H16N4O2. The fourth-order valence-electron chi connectivity index (χ4n) is 1.74. The average molecular weight is 272 g/mol.